The maximum atomic E-state index is 13.2. The Bertz CT molecular complexity index is 1460. The van der Waals surface area contributed by atoms with E-state index < -0.39 is 9.84 Å². The van der Waals surface area contributed by atoms with E-state index in [1.165, 1.54) is 11.8 Å². The molecule has 1 aliphatic rings. The van der Waals surface area contributed by atoms with Gasteiger partial charge in [-0.2, -0.15) is 0 Å². The van der Waals surface area contributed by atoms with Crippen molar-refractivity contribution in [1.29, 1.82) is 0 Å². The molecule has 4 heterocycles. The number of para-hydroxylation sites is 1. The number of nitrogens with zero attached hydrogens (tertiary/aromatic N) is 3. The first-order valence-electron chi connectivity index (χ1n) is 10.7. The van der Waals surface area contributed by atoms with Gasteiger partial charge in [0.2, 0.25) is 0 Å². The number of hydrogen-bond donors (Lipinski definition) is 0. The average Bonchev–Trinajstić information content (AvgIpc) is 3.51. The van der Waals surface area contributed by atoms with E-state index in [1.807, 2.05) is 66.3 Å². The van der Waals surface area contributed by atoms with Crippen LogP contribution in [0.25, 0.3) is 21.6 Å². The van der Waals surface area contributed by atoms with E-state index in [9.17, 15) is 13.2 Å². The number of sulfone groups is 1. The molecule has 1 aliphatic heterocycles. The second-order valence-corrected chi connectivity index (χ2v) is 12.4. The van der Waals surface area contributed by atoms with Crippen LogP contribution in [0.5, 0.6) is 0 Å². The van der Waals surface area contributed by atoms with Crippen LogP contribution in [-0.2, 0) is 9.84 Å². The van der Waals surface area contributed by atoms with Gasteiger partial charge in [-0.3, -0.25) is 4.79 Å². The molecule has 0 N–H and O–H groups in total. The van der Waals surface area contributed by atoms with Crippen LogP contribution >= 0.6 is 23.1 Å². The maximum absolute atomic E-state index is 13.2. The third kappa shape index (κ3) is 4.37. The van der Waals surface area contributed by atoms with E-state index in [4.69, 9.17) is 9.97 Å². The Labute approximate surface area is 201 Å². The number of aromatic nitrogens is 3. The molecule has 0 amide bonds. The van der Waals surface area contributed by atoms with Crippen molar-refractivity contribution in [3.8, 4) is 10.7 Å². The molecule has 0 saturated carbocycles. The van der Waals surface area contributed by atoms with Gasteiger partial charge in [0.1, 0.15) is 5.03 Å². The number of hydrogen-bond acceptors (Lipinski definition) is 7. The van der Waals surface area contributed by atoms with Crippen molar-refractivity contribution in [3.05, 3.63) is 64.8 Å². The molecule has 1 saturated heterocycles. The van der Waals surface area contributed by atoms with Crippen LogP contribution in [-0.4, -0.2) is 46.0 Å². The number of carbonyl (C=O) groups excluding carboxylic acids is 1. The predicted octanol–water partition coefficient (Wildman–Crippen LogP) is 5.11. The van der Waals surface area contributed by atoms with Crippen LogP contribution in [0.15, 0.2) is 52.9 Å². The van der Waals surface area contributed by atoms with Crippen molar-refractivity contribution < 1.29 is 13.2 Å². The highest BCUT2D eigenvalue weighted by Gasteiger charge is 2.31. The summed E-state index contributed by atoms with van der Waals surface area (Å²) in [5.41, 5.74) is 3.27. The van der Waals surface area contributed by atoms with Gasteiger partial charge in [-0.25, -0.2) is 18.4 Å². The average molecular weight is 498 g/mol. The van der Waals surface area contributed by atoms with E-state index >= 15 is 0 Å². The van der Waals surface area contributed by atoms with Crippen LogP contribution in [0.4, 0.5) is 0 Å². The molecule has 1 atom stereocenters. The first kappa shape index (κ1) is 22.3. The summed E-state index contributed by atoms with van der Waals surface area (Å²) in [5, 5.41) is 3.71. The summed E-state index contributed by atoms with van der Waals surface area (Å²) >= 11 is 3.00. The van der Waals surface area contributed by atoms with Crippen molar-refractivity contribution in [1.82, 2.24) is 14.5 Å². The topological polar surface area (TPSA) is 81.9 Å². The number of thioether (sulfide) groups is 1. The summed E-state index contributed by atoms with van der Waals surface area (Å²) < 4.78 is 25.9. The number of aryl methyl sites for hydroxylation is 1. The van der Waals surface area contributed by atoms with Crippen LogP contribution in [0.1, 0.15) is 34.2 Å². The van der Waals surface area contributed by atoms with Gasteiger partial charge in [-0.05, 0) is 43.8 Å². The third-order valence-corrected chi connectivity index (χ3v) is 9.62. The summed E-state index contributed by atoms with van der Waals surface area (Å²) in [5.74, 6) is 1.28. The van der Waals surface area contributed by atoms with Crippen molar-refractivity contribution in [2.45, 2.75) is 31.3 Å². The number of thiophene rings is 1. The molecule has 9 heteroatoms. The minimum Gasteiger partial charge on any atom is -0.344 e. The molecule has 4 aromatic rings. The summed E-state index contributed by atoms with van der Waals surface area (Å²) in [6.07, 6.45) is 0.597. The van der Waals surface area contributed by atoms with Crippen LogP contribution in [0.3, 0.4) is 0 Å². The minimum atomic E-state index is -3.00. The molecule has 1 fully saturated rings. The fourth-order valence-electron chi connectivity index (χ4n) is 4.49. The molecular weight excluding hydrogens is 474 g/mol. The zero-order valence-corrected chi connectivity index (χ0v) is 20.8. The number of carbonyl (C=O) groups is 1. The number of benzene rings is 1. The van der Waals surface area contributed by atoms with Gasteiger partial charge in [-0.15, -0.1) is 11.3 Å². The molecule has 5 rings (SSSR count). The Morgan fingerprint density at radius 3 is 2.73 bits per heavy atom. The smallest absolute Gasteiger partial charge is 0.174 e. The number of Topliss-reactive ketones (excluding diaryl/α,β-unsaturated/α-hetero) is 1. The second-order valence-electron chi connectivity index (χ2n) is 8.27. The lowest BCUT2D eigenvalue weighted by atomic mass is 10.2. The lowest BCUT2D eigenvalue weighted by Crippen LogP contribution is -2.14. The SMILES string of the molecule is Cc1cc(C(=O)CSc2nc(-c3cccs3)nc3ccccc23)c(C)n1[C@H]1CCS(=O)(=O)C1. The highest BCUT2D eigenvalue weighted by Crippen LogP contribution is 2.32. The molecule has 6 nitrogen and oxygen atoms in total. The Balaban J connectivity index is 1.42. The lowest BCUT2D eigenvalue weighted by Gasteiger charge is -2.16. The Morgan fingerprint density at radius 1 is 1.18 bits per heavy atom. The molecule has 1 aromatic carbocycles. The van der Waals surface area contributed by atoms with Crippen LogP contribution < -0.4 is 0 Å². The van der Waals surface area contributed by atoms with Gasteiger partial charge < -0.3 is 4.57 Å². The van der Waals surface area contributed by atoms with E-state index in [0.29, 0.717) is 17.8 Å². The van der Waals surface area contributed by atoms with Crippen molar-refractivity contribution in [2.75, 3.05) is 17.3 Å². The molecule has 0 spiro atoms. The van der Waals surface area contributed by atoms with Gasteiger partial charge in [0.25, 0.3) is 0 Å². The first-order chi connectivity index (χ1) is 15.8. The maximum Gasteiger partial charge on any atom is 0.174 e. The molecule has 3 aromatic heterocycles. The van der Waals surface area contributed by atoms with E-state index in [-0.39, 0.29) is 29.1 Å². The second kappa shape index (κ2) is 8.70. The standard InChI is InChI=1S/C24H23N3O3S3/c1-15-12-19(16(2)27(15)17-9-11-33(29,30)14-17)21(28)13-32-24-18-6-3-4-7-20(18)25-23(26-24)22-8-5-10-31-22/h3-8,10,12,17H,9,11,13-14H2,1-2H3/t17-/m0/s1. The highest BCUT2D eigenvalue weighted by molar-refractivity contribution is 8.00. The van der Waals surface area contributed by atoms with E-state index in [0.717, 1.165) is 32.2 Å². The fourth-order valence-corrected chi connectivity index (χ4v) is 7.75. The summed E-state index contributed by atoms with van der Waals surface area (Å²) in [4.78, 5) is 23.7. The van der Waals surface area contributed by atoms with Gasteiger partial charge in [0.15, 0.2) is 21.4 Å². The third-order valence-electron chi connectivity index (χ3n) is 6.01. The number of fused-ring (bicyclic) bond motifs is 1. The molecular formula is C24H23N3O3S3. The molecule has 0 bridgehead atoms. The quantitative estimate of drug-likeness (QED) is 0.209. The number of ketones is 1. The van der Waals surface area contributed by atoms with Crippen molar-refractivity contribution >= 4 is 49.6 Å². The zero-order chi connectivity index (χ0) is 23.2. The Morgan fingerprint density at radius 2 is 2.00 bits per heavy atom. The molecule has 0 aliphatic carbocycles. The molecule has 0 radical (unpaired) electrons. The van der Waals surface area contributed by atoms with Crippen LogP contribution in [0, 0.1) is 13.8 Å². The van der Waals surface area contributed by atoms with Crippen molar-refractivity contribution in [3.63, 3.8) is 0 Å². The Kier molecular flexibility index (Phi) is 5.88. The zero-order valence-electron chi connectivity index (χ0n) is 18.3. The molecule has 33 heavy (non-hydrogen) atoms. The summed E-state index contributed by atoms with van der Waals surface area (Å²) in [7, 11) is -3.00. The summed E-state index contributed by atoms with van der Waals surface area (Å²) in [6, 6.07) is 13.6. The van der Waals surface area contributed by atoms with Gasteiger partial charge >= 0.3 is 0 Å². The predicted molar refractivity (Wildman–Crippen MR) is 134 cm³/mol. The molecule has 170 valence electrons. The van der Waals surface area contributed by atoms with E-state index in [2.05, 4.69) is 0 Å². The Hall–Kier alpha value is -2.49. The van der Waals surface area contributed by atoms with E-state index in [1.54, 1.807) is 11.3 Å². The summed E-state index contributed by atoms with van der Waals surface area (Å²) in [6.45, 7) is 3.85. The minimum absolute atomic E-state index is 0.0144. The van der Waals surface area contributed by atoms with Crippen LogP contribution in [0.2, 0.25) is 0 Å². The monoisotopic (exact) mass is 497 g/mol. The largest absolute Gasteiger partial charge is 0.344 e. The highest BCUT2D eigenvalue weighted by atomic mass is 32.2. The normalized spacial score (nSPS) is 17.6. The first-order valence-corrected chi connectivity index (χ1v) is 14.4. The van der Waals surface area contributed by atoms with Gasteiger partial charge in [0, 0.05) is 28.4 Å². The fraction of sp³-hybridized carbons (Fsp3) is 0.292. The number of rotatable bonds is 6. The molecule has 0 unspecified atom stereocenters. The van der Waals surface area contributed by atoms with Crippen molar-refractivity contribution in [2.24, 2.45) is 0 Å². The van der Waals surface area contributed by atoms with Gasteiger partial charge in [-0.1, -0.05) is 36.0 Å². The lowest BCUT2D eigenvalue weighted by molar-refractivity contribution is 0.102. The van der Waals surface area contributed by atoms with Gasteiger partial charge in [0.05, 0.1) is 27.7 Å².